The highest BCUT2D eigenvalue weighted by Crippen LogP contribution is 2.72. The molecule has 4 bridgehead atoms. The Hall–Kier alpha value is -2.38. The van der Waals surface area contributed by atoms with E-state index in [4.69, 9.17) is 9.47 Å². The van der Waals surface area contributed by atoms with Gasteiger partial charge in [0.1, 0.15) is 17.7 Å². The van der Waals surface area contributed by atoms with Gasteiger partial charge in [-0.2, -0.15) is 0 Å². The zero-order chi connectivity index (χ0) is 21.3. The molecular weight excluding hydrogens is 384 g/mol. The summed E-state index contributed by atoms with van der Waals surface area (Å²) >= 11 is 0. The summed E-state index contributed by atoms with van der Waals surface area (Å²) < 4.78 is 11.1. The van der Waals surface area contributed by atoms with Crippen molar-refractivity contribution in [2.24, 2.45) is 11.3 Å². The first-order chi connectivity index (χ1) is 14.4. The molecule has 4 fully saturated rings. The van der Waals surface area contributed by atoms with E-state index < -0.39 is 28.6 Å². The van der Waals surface area contributed by atoms with Crippen LogP contribution in [0.15, 0.2) is 35.9 Å². The minimum Gasteiger partial charge on any atom is -0.468 e. The number of para-hydroxylation sites is 1. The van der Waals surface area contributed by atoms with Crippen LogP contribution in [0.2, 0.25) is 0 Å². The number of nitrogens with zero attached hydrogens (tertiary/aromatic N) is 1. The van der Waals surface area contributed by atoms with E-state index in [0.29, 0.717) is 19.4 Å². The second-order valence-corrected chi connectivity index (χ2v) is 8.92. The Balaban J connectivity index is 1.89. The largest absolute Gasteiger partial charge is 0.468 e. The number of carbonyl (C=O) groups is 2. The maximum absolute atomic E-state index is 13.8. The lowest BCUT2D eigenvalue weighted by Gasteiger charge is -2.59. The average molecular weight is 412 g/mol. The van der Waals surface area contributed by atoms with Gasteiger partial charge in [0.2, 0.25) is 0 Å². The molecule has 6 rings (SSSR count). The molecule has 1 aromatic rings. The summed E-state index contributed by atoms with van der Waals surface area (Å²) in [7, 11) is 1.40. The summed E-state index contributed by atoms with van der Waals surface area (Å²) in [5, 5.41) is 15.2. The lowest BCUT2D eigenvalue weighted by Crippen LogP contribution is -2.75. The van der Waals surface area contributed by atoms with Gasteiger partial charge < -0.3 is 19.9 Å². The molecule has 4 aliphatic heterocycles. The summed E-state index contributed by atoms with van der Waals surface area (Å²) in [6.45, 7) is 4.63. The molecule has 7 nitrogen and oxygen atoms in total. The second-order valence-electron chi connectivity index (χ2n) is 8.92. The van der Waals surface area contributed by atoms with Crippen molar-refractivity contribution in [2.75, 3.05) is 32.1 Å². The number of fused-ring (bicyclic) bond motifs is 3. The van der Waals surface area contributed by atoms with Crippen LogP contribution in [0.4, 0.5) is 5.69 Å². The molecule has 2 N–H and O–H groups in total. The monoisotopic (exact) mass is 412 g/mol. The van der Waals surface area contributed by atoms with Gasteiger partial charge in [0, 0.05) is 31.6 Å². The highest BCUT2D eigenvalue weighted by Gasteiger charge is 2.83. The summed E-state index contributed by atoms with van der Waals surface area (Å²) in [6, 6.07) is 7.95. The number of hydrogen-bond acceptors (Lipinski definition) is 7. The van der Waals surface area contributed by atoms with Gasteiger partial charge in [-0.3, -0.25) is 14.5 Å². The van der Waals surface area contributed by atoms with Crippen molar-refractivity contribution in [2.45, 2.75) is 43.9 Å². The SMILES string of the molecule is C/C=C1/CN2CC[C@@]34c5ccccc5N[C@@]23[C@H](O)C[C@@H]1[C@@]4(COC(C)=O)C(=O)OC. The molecule has 4 heterocycles. The fraction of sp³-hybridized carbons (Fsp3) is 0.565. The Labute approximate surface area is 176 Å². The van der Waals surface area contributed by atoms with E-state index in [1.165, 1.54) is 14.0 Å². The zero-order valence-corrected chi connectivity index (χ0v) is 17.6. The van der Waals surface area contributed by atoms with E-state index in [1.807, 2.05) is 37.3 Å². The number of aliphatic hydroxyl groups is 1. The maximum atomic E-state index is 13.8. The first-order valence-corrected chi connectivity index (χ1v) is 10.6. The number of hydrogen-bond donors (Lipinski definition) is 2. The Morgan fingerprint density at radius 1 is 1.37 bits per heavy atom. The highest BCUT2D eigenvalue weighted by molar-refractivity contribution is 5.86. The standard InChI is InChI=1S/C23H28N2O5/c1-4-15-12-25-10-9-22-16-7-5-6-8-18(16)24-23(22,25)19(27)11-17(15)21(22,20(28)29-3)13-30-14(2)26/h4-8,17,19,24,27H,9-13H2,1-3H3/b15-4-/t17-,19+,21-,22-,23-/m0/s1. The molecule has 0 aromatic heterocycles. The maximum Gasteiger partial charge on any atom is 0.316 e. The van der Waals surface area contributed by atoms with Crippen molar-refractivity contribution in [1.82, 2.24) is 4.90 Å². The molecule has 0 radical (unpaired) electrons. The van der Waals surface area contributed by atoms with Gasteiger partial charge in [0.05, 0.1) is 18.6 Å². The van der Waals surface area contributed by atoms with Crippen LogP contribution in [0.1, 0.15) is 32.3 Å². The molecule has 5 aliphatic rings. The lowest BCUT2D eigenvalue weighted by atomic mass is 9.45. The van der Waals surface area contributed by atoms with Crippen molar-refractivity contribution in [3.8, 4) is 0 Å². The van der Waals surface area contributed by atoms with Crippen LogP contribution in [0.25, 0.3) is 0 Å². The van der Waals surface area contributed by atoms with E-state index in [9.17, 15) is 14.7 Å². The number of rotatable bonds is 3. The Morgan fingerprint density at radius 2 is 2.13 bits per heavy atom. The minimum absolute atomic E-state index is 0.0741. The number of aliphatic hydroxyl groups excluding tert-OH is 1. The molecular formula is C23H28N2O5. The predicted octanol–water partition coefficient (Wildman–Crippen LogP) is 1.82. The van der Waals surface area contributed by atoms with Gasteiger partial charge in [0.25, 0.3) is 0 Å². The van der Waals surface area contributed by atoms with Gasteiger partial charge in [-0.1, -0.05) is 29.8 Å². The second kappa shape index (κ2) is 6.31. The molecule has 1 saturated carbocycles. The van der Waals surface area contributed by atoms with Gasteiger partial charge >= 0.3 is 11.9 Å². The van der Waals surface area contributed by atoms with E-state index in [-0.39, 0.29) is 18.5 Å². The molecule has 30 heavy (non-hydrogen) atoms. The first-order valence-electron chi connectivity index (χ1n) is 10.6. The molecule has 7 heteroatoms. The number of ether oxygens (including phenoxy) is 2. The van der Waals surface area contributed by atoms with E-state index in [2.05, 4.69) is 10.2 Å². The summed E-state index contributed by atoms with van der Waals surface area (Å²) in [6.07, 6.45) is 2.42. The van der Waals surface area contributed by atoms with Crippen molar-refractivity contribution in [1.29, 1.82) is 0 Å². The van der Waals surface area contributed by atoms with E-state index >= 15 is 0 Å². The fourth-order valence-corrected chi connectivity index (χ4v) is 7.20. The zero-order valence-electron chi connectivity index (χ0n) is 17.6. The fourth-order valence-electron chi connectivity index (χ4n) is 7.20. The van der Waals surface area contributed by atoms with Crippen molar-refractivity contribution < 1.29 is 24.2 Å². The first kappa shape index (κ1) is 19.6. The molecule has 160 valence electrons. The van der Waals surface area contributed by atoms with Crippen LogP contribution in [-0.4, -0.2) is 60.5 Å². The quantitative estimate of drug-likeness (QED) is 0.578. The topological polar surface area (TPSA) is 88.1 Å². The molecule has 1 unspecified atom stereocenters. The predicted molar refractivity (Wildman–Crippen MR) is 110 cm³/mol. The Bertz CT molecular complexity index is 961. The number of esters is 2. The van der Waals surface area contributed by atoms with Crippen LogP contribution in [-0.2, 0) is 24.5 Å². The number of carbonyl (C=O) groups excluding carboxylic acids is 2. The number of nitrogens with one attached hydrogen (secondary N) is 1. The lowest BCUT2D eigenvalue weighted by molar-refractivity contribution is -0.189. The van der Waals surface area contributed by atoms with Crippen LogP contribution in [0.3, 0.4) is 0 Å². The third-order valence-electron chi connectivity index (χ3n) is 8.16. The van der Waals surface area contributed by atoms with E-state index in [1.54, 1.807) is 0 Å². The Morgan fingerprint density at radius 3 is 2.83 bits per heavy atom. The minimum atomic E-state index is -1.14. The van der Waals surface area contributed by atoms with E-state index in [0.717, 1.165) is 23.4 Å². The third kappa shape index (κ3) is 1.93. The van der Waals surface area contributed by atoms with Gasteiger partial charge in [-0.05, 0) is 31.4 Å². The number of methoxy groups -OCH3 is 1. The van der Waals surface area contributed by atoms with Crippen LogP contribution in [0.5, 0.6) is 0 Å². The van der Waals surface area contributed by atoms with Gasteiger partial charge in [0.15, 0.2) is 0 Å². The Kier molecular flexibility index (Phi) is 4.12. The number of allylic oxidation sites excluding steroid dienone is 1. The number of anilines is 1. The molecule has 1 spiro atoms. The molecule has 1 aliphatic carbocycles. The highest BCUT2D eigenvalue weighted by atomic mass is 16.5. The van der Waals surface area contributed by atoms with Crippen molar-refractivity contribution in [3.63, 3.8) is 0 Å². The average Bonchev–Trinajstić information content (AvgIpc) is 3.17. The molecule has 1 aromatic carbocycles. The third-order valence-corrected chi connectivity index (χ3v) is 8.16. The summed E-state index contributed by atoms with van der Waals surface area (Å²) in [5.41, 5.74) is 0.210. The van der Waals surface area contributed by atoms with Gasteiger partial charge in [-0.15, -0.1) is 0 Å². The summed E-state index contributed by atoms with van der Waals surface area (Å²) in [4.78, 5) is 28.0. The van der Waals surface area contributed by atoms with Gasteiger partial charge in [-0.25, -0.2) is 0 Å². The smallest absolute Gasteiger partial charge is 0.316 e. The van der Waals surface area contributed by atoms with Crippen molar-refractivity contribution in [3.05, 3.63) is 41.5 Å². The molecule has 0 amide bonds. The summed E-state index contributed by atoms with van der Waals surface area (Å²) in [5.74, 6) is -1.11. The normalized spacial score (nSPS) is 41.6. The molecule has 6 atom stereocenters. The van der Waals surface area contributed by atoms with Crippen LogP contribution in [0, 0.1) is 11.3 Å². The van der Waals surface area contributed by atoms with Crippen LogP contribution < -0.4 is 5.32 Å². The van der Waals surface area contributed by atoms with Crippen molar-refractivity contribution >= 4 is 17.6 Å². The number of benzene rings is 1. The van der Waals surface area contributed by atoms with Crippen LogP contribution >= 0.6 is 0 Å². The molecule has 3 saturated heterocycles.